The van der Waals surface area contributed by atoms with Crippen LogP contribution in [0.1, 0.15) is 32.0 Å². The number of amides is 1. The number of imidazole rings is 1. The predicted octanol–water partition coefficient (Wildman–Crippen LogP) is 3.58. The normalized spacial score (nSPS) is 16.0. The zero-order valence-electron chi connectivity index (χ0n) is 14.3. The highest BCUT2D eigenvalue weighted by Gasteiger charge is 2.43. The minimum absolute atomic E-state index is 0.149. The smallest absolute Gasteiger partial charge is 0.237 e. The maximum absolute atomic E-state index is 12.6. The molecule has 1 aliphatic heterocycles. The Labute approximate surface area is 140 Å². The van der Waals surface area contributed by atoms with E-state index >= 15 is 0 Å². The van der Waals surface area contributed by atoms with Gasteiger partial charge in [-0.05, 0) is 57.5 Å². The molecule has 3 aromatic rings. The van der Waals surface area contributed by atoms with Crippen molar-refractivity contribution in [1.82, 2.24) is 15.0 Å². The molecule has 3 heterocycles. The highest BCUT2D eigenvalue weighted by Crippen LogP contribution is 2.43. The molecule has 0 aliphatic carbocycles. The molecule has 1 aliphatic rings. The van der Waals surface area contributed by atoms with E-state index in [-0.39, 0.29) is 5.91 Å². The number of aryl methyl sites for hydroxylation is 1. The Kier molecular flexibility index (Phi) is 3.04. The van der Waals surface area contributed by atoms with Crippen molar-refractivity contribution >= 4 is 22.6 Å². The summed E-state index contributed by atoms with van der Waals surface area (Å²) in [5, 5.41) is 0. The van der Waals surface area contributed by atoms with E-state index in [2.05, 4.69) is 9.97 Å². The largest absolute Gasteiger partial charge is 0.338 e. The second-order valence-corrected chi connectivity index (χ2v) is 6.83. The summed E-state index contributed by atoms with van der Waals surface area (Å²) in [5.74, 6) is 0.948. The maximum Gasteiger partial charge on any atom is 0.237 e. The molecule has 4 rings (SSSR count). The first-order chi connectivity index (χ1) is 11.4. The van der Waals surface area contributed by atoms with Crippen molar-refractivity contribution in [3.05, 3.63) is 41.7 Å². The summed E-state index contributed by atoms with van der Waals surface area (Å²) in [6, 6.07) is 8.07. The summed E-state index contributed by atoms with van der Waals surface area (Å²) in [7, 11) is 0. The van der Waals surface area contributed by atoms with Gasteiger partial charge in [-0.2, -0.15) is 0 Å². The first-order valence-corrected chi connectivity index (χ1v) is 8.21. The number of aromatic amines is 1. The molecule has 1 N–H and O–H groups in total. The van der Waals surface area contributed by atoms with Gasteiger partial charge in [0, 0.05) is 24.0 Å². The molecule has 0 spiro atoms. The van der Waals surface area contributed by atoms with Crippen LogP contribution >= 0.6 is 0 Å². The summed E-state index contributed by atoms with van der Waals surface area (Å²) < 4.78 is 0. The molecule has 1 amide bonds. The Balaban J connectivity index is 1.89. The molecule has 24 heavy (non-hydrogen) atoms. The number of likely N-dealkylation sites (N-methyl/N-ethyl adjacent to an activating group) is 1. The molecular weight excluding hydrogens is 300 g/mol. The number of anilines is 1. The number of nitrogens with zero attached hydrogens (tertiary/aromatic N) is 3. The van der Waals surface area contributed by atoms with Crippen LogP contribution in [-0.4, -0.2) is 27.4 Å². The Bertz CT molecular complexity index is 953. The number of carbonyl (C=O) groups excluding carboxylic acids is 1. The van der Waals surface area contributed by atoms with Gasteiger partial charge in [-0.3, -0.25) is 9.78 Å². The lowest BCUT2D eigenvalue weighted by molar-refractivity contribution is -0.122. The number of fused-ring (bicyclic) bond motifs is 2. The van der Waals surface area contributed by atoms with Gasteiger partial charge >= 0.3 is 0 Å². The second-order valence-electron chi connectivity index (χ2n) is 6.83. The van der Waals surface area contributed by atoms with Gasteiger partial charge in [0.25, 0.3) is 0 Å². The average Bonchev–Trinajstić information content (AvgIpc) is 3.05. The second kappa shape index (κ2) is 4.90. The number of H-pyrrole nitrogens is 1. The minimum atomic E-state index is -0.510. The van der Waals surface area contributed by atoms with E-state index in [4.69, 9.17) is 4.98 Å². The van der Waals surface area contributed by atoms with Crippen molar-refractivity contribution in [2.75, 3.05) is 11.4 Å². The Morgan fingerprint density at radius 1 is 1.25 bits per heavy atom. The van der Waals surface area contributed by atoms with E-state index in [0.717, 1.165) is 39.4 Å². The summed E-state index contributed by atoms with van der Waals surface area (Å²) in [6.45, 7) is 8.60. The highest BCUT2D eigenvalue weighted by atomic mass is 16.2. The van der Waals surface area contributed by atoms with E-state index in [1.807, 2.05) is 63.1 Å². The average molecular weight is 320 g/mol. The standard InChI is InChI=1S/C19H20N4O/c1-5-23-16-9-15-14(8-13(16)19(3,4)18(23)24)21-17(22-15)12-7-6-11(2)20-10-12/h6-10H,5H2,1-4H3,(H,21,22). The molecule has 0 saturated carbocycles. The molecule has 122 valence electrons. The minimum Gasteiger partial charge on any atom is -0.338 e. The molecule has 2 aromatic heterocycles. The van der Waals surface area contributed by atoms with Gasteiger partial charge in [0.1, 0.15) is 5.82 Å². The van der Waals surface area contributed by atoms with E-state index in [1.54, 1.807) is 0 Å². The fourth-order valence-corrected chi connectivity index (χ4v) is 3.39. The summed E-state index contributed by atoms with van der Waals surface area (Å²) in [4.78, 5) is 26.9. The quantitative estimate of drug-likeness (QED) is 0.785. The SMILES string of the molecule is CCN1C(=O)C(C)(C)c2cc3nc(-c4ccc(C)nc4)[nH]c3cc21. The first-order valence-electron chi connectivity index (χ1n) is 8.21. The number of benzene rings is 1. The van der Waals surface area contributed by atoms with Crippen LogP contribution in [-0.2, 0) is 10.2 Å². The third-order valence-electron chi connectivity index (χ3n) is 4.84. The fourth-order valence-electron chi connectivity index (χ4n) is 3.39. The van der Waals surface area contributed by atoms with Gasteiger partial charge in [0.05, 0.1) is 22.1 Å². The summed E-state index contributed by atoms with van der Waals surface area (Å²) in [5.41, 5.74) is 5.27. The lowest BCUT2D eigenvalue weighted by Crippen LogP contribution is -2.35. The van der Waals surface area contributed by atoms with Gasteiger partial charge in [-0.25, -0.2) is 4.98 Å². The molecule has 5 heteroatoms. The summed E-state index contributed by atoms with van der Waals surface area (Å²) in [6.07, 6.45) is 1.83. The molecule has 0 radical (unpaired) electrons. The van der Waals surface area contributed by atoms with Crippen molar-refractivity contribution in [2.24, 2.45) is 0 Å². The van der Waals surface area contributed by atoms with E-state index < -0.39 is 5.41 Å². The van der Waals surface area contributed by atoms with Crippen LogP contribution in [0.2, 0.25) is 0 Å². The van der Waals surface area contributed by atoms with Crippen LogP contribution in [0.15, 0.2) is 30.5 Å². The van der Waals surface area contributed by atoms with Crippen molar-refractivity contribution in [3.8, 4) is 11.4 Å². The highest BCUT2D eigenvalue weighted by molar-refractivity contribution is 6.09. The number of pyridine rings is 1. The Hall–Kier alpha value is -2.69. The van der Waals surface area contributed by atoms with Crippen LogP contribution in [0.25, 0.3) is 22.4 Å². The van der Waals surface area contributed by atoms with Gasteiger partial charge in [0.2, 0.25) is 5.91 Å². The number of hydrogen-bond acceptors (Lipinski definition) is 3. The number of aromatic nitrogens is 3. The van der Waals surface area contributed by atoms with Gasteiger partial charge in [-0.1, -0.05) is 0 Å². The van der Waals surface area contributed by atoms with Gasteiger partial charge in [-0.15, -0.1) is 0 Å². The molecule has 0 fully saturated rings. The zero-order chi connectivity index (χ0) is 17.1. The van der Waals surface area contributed by atoms with Crippen molar-refractivity contribution in [3.63, 3.8) is 0 Å². The predicted molar refractivity (Wildman–Crippen MR) is 95.1 cm³/mol. The van der Waals surface area contributed by atoms with Crippen LogP contribution in [0.5, 0.6) is 0 Å². The van der Waals surface area contributed by atoms with E-state index in [1.165, 1.54) is 0 Å². The molecule has 0 atom stereocenters. The van der Waals surface area contributed by atoms with Crippen LogP contribution in [0.3, 0.4) is 0 Å². The zero-order valence-corrected chi connectivity index (χ0v) is 14.3. The Morgan fingerprint density at radius 3 is 2.71 bits per heavy atom. The summed E-state index contributed by atoms with van der Waals surface area (Å²) >= 11 is 0. The molecular formula is C19H20N4O. The first kappa shape index (κ1) is 14.9. The van der Waals surface area contributed by atoms with Crippen molar-refractivity contribution < 1.29 is 4.79 Å². The molecule has 0 bridgehead atoms. The van der Waals surface area contributed by atoms with Crippen LogP contribution < -0.4 is 4.90 Å². The molecule has 1 aromatic carbocycles. The third-order valence-corrected chi connectivity index (χ3v) is 4.84. The topological polar surface area (TPSA) is 61.9 Å². The molecule has 5 nitrogen and oxygen atoms in total. The van der Waals surface area contributed by atoms with Gasteiger partial charge < -0.3 is 9.88 Å². The van der Waals surface area contributed by atoms with Crippen molar-refractivity contribution in [1.29, 1.82) is 0 Å². The maximum atomic E-state index is 12.6. The lowest BCUT2D eigenvalue weighted by atomic mass is 9.86. The van der Waals surface area contributed by atoms with Crippen LogP contribution in [0, 0.1) is 6.92 Å². The van der Waals surface area contributed by atoms with E-state index in [9.17, 15) is 4.79 Å². The number of rotatable bonds is 2. The fraction of sp³-hybridized carbons (Fsp3) is 0.316. The lowest BCUT2D eigenvalue weighted by Gasteiger charge is -2.18. The van der Waals surface area contributed by atoms with E-state index in [0.29, 0.717) is 6.54 Å². The molecule has 0 saturated heterocycles. The molecule has 0 unspecified atom stereocenters. The van der Waals surface area contributed by atoms with Gasteiger partial charge in [0.15, 0.2) is 0 Å². The number of carbonyl (C=O) groups is 1. The number of hydrogen-bond donors (Lipinski definition) is 1. The third kappa shape index (κ3) is 1.97. The number of nitrogens with one attached hydrogen (secondary N) is 1. The van der Waals surface area contributed by atoms with Crippen molar-refractivity contribution in [2.45, 2.75) is 33.1 Å². The Morgan fingerprint density at radius 2 is 2.04 bits per heavy atom. The monoisotopic (exact) mass is 320 g/mol. The van der Waals surface area contributed by atoms with Crippen LogP contribution in [0.4, 0.5) is 5.69 Å².